The molecule has 0 spiro atoms. The zero-order valence-electron chi connectivity index (χ0n) is 11.2. The van der Waals surface area contributed by atoms with Gasteiger partial charge in [0.2, 0.25) is 0 Å². The summed E-state index contributed by atoms with van der Waals surface area (Å²) in [5.74, 6) is 1.62. The van der Waals surface area contributed by atoms with Crippen LogP contribution < -0.4 is 14.8 Å². The topological polar surface area (TPSA) is 39.7 Å². The first-order valence-electron chi connectivity index (χ1n) is 5.56. The van der Waals surface area contributed by atoms with Gasteiger partial charge in [-0.05, 0) is 25.6 Å². The summed E-state index contributed by atoms with van der Waals surface area (Å²) in [4.78, 5) is 0. The Bertz CT molecular complexity index is 366. The largest absolute Gasteiger partial charge is 0.497 e. The van der Waals surface area contributed by atoms with Gasteiger partial charge in [-0.25, -0.2) is 0 Å². The number of hydrogen-bond acceptors (Lipinski definition) is 4. The quantitative estimate of drug-likeness (QED) is 0.823. The highest BCUT2D eigenvalue weighted by atomic mass is 16.5. The molecular formula is C13H21NO3. The third kappa shape index (κ3) is 3.11. The van der Waals surface area contributed by atoms with Crippen molar-refractivity contribution in [2.45, 2.75) is 13.0 Å². The molecule has 0 aliphatic rings. The van der Waals surface area contributed by atoms with E-state index in [9.17, 15) is 0 Å². The minimum atomic E-state index is 0.112. The lowest BCUT2D eigenvalue weighted by atomic mass is 10.00. The van der Waals surface area contributed by atoms with Crippen LogP contribution in [0.5, 0.6) is 11.5 Å². The molecule has 0 saturated heterocycles. The van der Waals surface area contributed by atoms with Crippen LogP contribution in [0.15, 0.2) is 12.1 Å². The first kappa shape index (κ1) is 13.8. The molecule has 4 heteroatoms. The maximum Gasteiger partial charge on any atom is 0.127 e. The Labute approximate surface area is 103 Å². The van der Waals surface area contributed by atoms with Crippen LogP contribution in [0, 0.1) is 6.92 Å². The van der Waals surface area contributed by atoms with E-state index in [4.69, 9.17) is 14.2 Å². The molecule has 0 saturated carbocycles. The standard InChI is InChI=1S/C13H21NO3/c1-9-6-10(16-4)7-12(17-5)13(9)11(14-2)8-15-3/h6-7,11,14H,8H2,1-5H3. The Morgan fingerprint density at radius 2 is 1.88 bits per heavy atom. The normalized spacial score (nSPS) is 12.3. The summed E-state index contributed by atoms with van der Waals surface area (Å²) in [6, 6.07) is 4.00. The predicted octanol–water partition coefficient (Wildman–Crippen LogP) is 1.92. The third-order valence-electron chi connectivity index (χ3n) is 2.81. The molecule has 1 atom stereocenters. The SMILES string of the molecule is CNC(COC)c1c(C)cc(OC)cc1OC. The summed E-state index contributed by atoms with van der Waals surface area (Å²) >= 11 is 0. The number of methoxy groups -OCH3 is 3. The van der Waals surface area contributed by atoms with Gasteiger partial charge in [-0.3, -0.25) is 0 Å². The van der Waals surface area contributed by atoms with Crippen molar-refractivity contribution in [1.29, 1.82) is 0 Å². The monoisotopic (exact) mass is 239 g/mol. The van der Waals surface area contributed by atoms with Crippen molar-refractivity contribution < 1.29 is 14.2 Å². The Hall–Kier alpha value is -1.26. The maximum absolute atomic E-state index is 5.42. The summed E-state index contributed by atoms with van der Waals surface area (Å²) in [6.45, 7) is 2.64. The molecule has 0 fully saturated rings. The molecule has 0 amide bonds. The Kier molecular flexibility index (Phi) is 5.25. The van der Waals surface area contributed by atoms with E-state index in [2.05, 4.69) is 5.32 Å². The molecule has 1 aromatic rings. The van der Waals surface area contributed by atoms with Crippen LogP contribution in [0.3, 0.4) is 0 Å². The lowest BCUT2D eigenvalue weighted by Gasteiger charge is -2.21. The van der Waals surface area contributed by atoms with Crippen molar-refractivity contribution in [3.63, 3.8) is 0 Å². The predicted molar refractivity (Wildman–Crippen MR) is 68.0 cm³/mol. The fraction of sp³-hybridized carbons (Fsp3) is 0.538. The van der Waals surface area contributed by atoms with Crippen molar-refractivity contribution in [2.24, 2.45) is 0 Å². The van der Waals surface area contributed by atoms with Crippen LogP contribution in [0.25, 0.3) is 0 Å². The van der Waals surface area contributed by atoms with Gasteiger partial charge >= 0.3 is 0 Å². The van der Waals surface area contributed by atoms with E-state index in [1.54, 1.807) is 21.3 Å². The molecular weight excluding hydrogens is 218 g/mol. The Morgan fingerprint density at radius 1 is 1.18 bits per heavy atom. The van der Waals surface area contributed by atoms with Crippen LogP contribution in [0.4, 0.5) is 0 Å². The lowest BCUT2D eigenvalue weighted by Crippen LogP contribution is -2.22. The number of rotatable bonds is 6. The zero-order valence-corrected chi connectivity index (χ0v) is 11.2. The molecule has 17 heavy (non-hydrogen) atoms. The second-order valence-electron chi connectivity index (χ2n) is 3.86. The second kappa shape index (κ2) is 6.47. The van der Waals surface area contributed by atoms with Gasteiger partial charge in [0, 0.05) is 18.7 Å². The molecule has 0 bridgehead atoms. The average molecular weight is 239 g/mol. The molecule has 0 heterocycles. The van der Waals surface area contributed by atoms with Crippen LogP contribution >= 0.6 is 0 Å². The number of aryl methyl sites for hydroxylation is 1. The fourth-order valence-electron chi connectivity index (χ4n) is 1.95. The minimum Gasteiger partial charge on any atom is -0.497 e. The van der Waals surface area contributed by atoms with E-state index in [1.165, 1.54) is 0 Å². The summed E-state index contributed by atoms with van der Waals surface area (Å²) < 4.78 is 15.9. The van der Waals surface area contributed by atoms with E-state index < -0.39 is 0 Å². The highest BCUT2D eigenvalue weighted by molar-refractivity contribution is 5.48. The average Bonchev–Trinajstić information content (AvgIpc) is 2.35. The molecule has 0 aromatic heterocycles. The summed E-state index contributed by atoms with van der Waals surface area (Å²) in [5, 5.41) is 3.23. The summed E-state index contributed by atoms with van der Waals surface area (Å²) in [5.41, 5.74) is 2.23. The van der Waals surface area contributed by atoms with Gasteiger partial charge in [0.05, 0.1) is 26.9 Å². The van der Waals surface area contributed by atoms with E-state index in [1.807, 2.05) is 26.1 Å². The molecule has 1 rings (SSSR count). The van der Waals surface area contributed by atoms with Gasteiger partial charge in [-0.15, -0.1) is 0 Å². The Morgan fingerprint density at radius 3 is 2.35 bits per heavy atom. The number of hydrogen-bond donors (Lipinski definition) is 1. The molecule has 4 nitrogen and oxygen atoms in total. The van der Waals surface area contributed by atoms with Crippen molar-refractivity contribution in [2.75, 3.05) is 35.0 Å². The van der Waals surface area contributed by atoms with Crippen LogP contribution in [-0.4, -0.2) is 35.0 Å². The van der Waals surface area contributed by atoms with Crippen LogP contribution in [-0.2, 0) is 4.74 Å². The van der Waals surface area contributed by atoms with Gasteiger partial charge in [-0.2, -0.15) is 0 Å². The second-order valence-corrected chi connectivity index (χ2v) is 3.86. The Balaban J connectivity index is 3.20. The van der Waals surface area contributed by atoms with Crippen LogP contribution in [0.1, 0.15) is 17.2 Å². The van der Waals surface area contributed by atoms with E-state index in [-0.39, 0.29) is 6.04 Å². The minimum absolute atomic E-state index is 0.112. The first-order chi connectivity index (χ1) is 8.17. The number of likely N-dealkylation sites (N-methyl/N-ethyl adjacent to an activating group) is 1. The first-order valence-corrected chi connectivity index (χ1v) is 5.56. The number of nitrogens with one attached hydrogen (secondary N) is 1. The van der Waals surface area contributed by atoms with E-state index in [0.29, 0.717) is 6.61 Å². The van der Waals surface area contributed by atoms with Crippen molar-refractivity contribution in [3.8, 4) is 11.5 Å². The highest BCUT2D eigenvalue weighted by Crippen LogP contribution is 2.33. The highest BCUT2D eigenvalue weighted by Gasteiger charge is 2.18. The van der Waals surface area contributed by atoms with Gasteiger partial charge in [0.25, 0.3) is 0 Å². The molecule has 0 radical (unpaired) electrons. The van der Waals surface area contributed by atoms with Crippen molar-refractivity contribution >= 4 is 0 Å². The summed E-state index contributed by atoms with van der Waals surface area (Å²) in [7, 11) is 6.91. The third-order valence-corrected chi connectivity index (χ3v) is 2.81. The number of ether oxygens (including phenoxy) is 3. The van der Waals surface area contributed by atoms with Crippen molar-refractivity contribution in [3.05, 3.63) is 23.3 Å². The van der Waals surface area contributed by atoms with E-state index in [0.717, 1.165) is 22.6 Å². The van der Waals surface area contributed by atoms with Crippen LogP contribution in [0.2, 0.25) is 0 Å². The summed E-state index contributed by atoms with van der Waals surface area (Å²) in [6.07, 6.45) is 0. The van der Waals surface area contributed by atoms with Gasteiger partial charge in [0.1, 0.15) is 11.5 Å². The molecule has 0 aliphatic heterocycles. The lowest BCUT2D eigenvalue weighted by molar-refractivity contribution is 0.168. The number of benzene rings is 1. The molecule has 1 aromatic carbocycles. The van der Waals surface area contributed by atoms with Gasteiger partial charge < -0.3 is 19.5 Å². The molecule has 1 N–H and O–H groups in total. The molecule has 96 valence electrons. The van der Waals surface area contributed by atoms with Crippen molar-refractivity contribution in [1.82, 2.24) is 5.32 Å². The molecule has 1 unspecified atom stereocenters. The van der Waals surface area contributed by atoms with Gasteiger partial charge in [-0.1, -0.05) is 0 Å². The van der Waals surface area contributed by atoms with E-state index >= 15 is 0 Å². The maximum atomic E-state index is 5.42. The smallest absolute Gasteiger partial charge is 0.127 e. The fourth-order valence-corrected chi connectivity index (χ4v) is 1.95. The van der Waals surface area contributed by atoms with Gasteiger partial charge in [0.15, 0.2) is 0 Å². The molecule has 0 aliphatic carbocycles. The zero-order chi connectivity index (χ0) is 12.8.